The monoisotopic (exact) mass is 399 g/mol. The van der Waals surface area contributed by atoms with Gasteiger partial charge in [0.2, 0.25) is 5.91 Å². The quantitative estimate of drug-likeness (QED) is 0.523. The van der Waals surface area contributed by atoms with Gasteiger partial charge in [0.1, 0.15) is 6.54 Å². The van der Waals surface area contributed by atoms with Gasteiger partial charge in [0.25, 0.3) is 11.1 Å². The normalized spacial score (nSPS) is 11.9. The van der Waals surface area contributed by atoms with E-state index in [0.717, 1.165) is 15.8 Å². The van der Waals surface area contributed by atoms with Crippen LogP contribution in [0, 0.1) is 0 Å². The number of fused-ring (bicyclic) bond motifs is 1. The molecule has 1 aromatic heterocycles. The number of amides is 1. The van der Waals surface area contributed by atoms with E-state index < -0.39 is 11.1 Å². The number of aromatic nitrogens is 2. The van der Waals surface area contributed by atoms with Gasteiger partial charge >= 0.3 is 0 Å². The van der Waals surface area contributed by atoms with E-state index in [0.29, 0.717) is 11.8 Å². The van der Waals surface area contributed by atoms with Gasteiger partial charge in [-0.1, -0.05) is 72.8 Å². The number of hydrogen-bond donors (Lipinski definition) is 2. The fraction of sp³-hybridized carbons (Fsp3) is 0.125. The Morgan fingerprint density at radius 1 is 0.833 bits per heavy atom. The van der Waals surface area contributed by atoms with Crippen LogP contribution in [0.1, 0.15) is 17.2 Å². The highest BCUT2D eigenvalue weighted by atomic mass is 16.2. The molecule has 30 heavy (non-hydrogen) atoms. The van der Waals surface area contributed by atoms with Gasteiger partial charge in [-0.3, -0.25) is 19.5 Å². The van der Waals surface area contributed by atoms with Gasteiger partial charge in [-0.05, 0) is 29.7 Å². The molecule has 150 valence electrons. The zero-order chi connectivity index (χ0) is 20.9. The average Bonchev–Trinajstić information content (AvgIpc) is 2.78. The van der Waals surface area contributed by atoms with Gasteiger partial charge in [-0.25, -0.2) is 4.68 Å². The third-order valence-electron chi connectivity index (χ3n) is 5.01. The van der Waals surface area contributed by atoms with Crippen LogP contribution >= 0.6 is 0 Å². The fourth-order valence-electron chi connectivity index (χ4n) is 3.53. The molecule has 6 heteroatoms. The lowest BCUT2D eigenvalue weighted by atomic mass is 9.99. The Kier molecular flexibility index (Phi) is 5.57. The smallest absolute Gasteiger partial charge is 0.273 e. The molecule has 1 unspecified atom stereocenters. The van der Waals surface area contributed by atoms with Crippen molar-refractivity contribution in [3.63, 3.8) is 0 Å². The molecule has 0 radical (unpaired) electrons. The second-order valence-electron chi connectivity index (χ2n) is 7.10. The maximum absolute atomic E-state index is 12.8. The summed E-state index contributed by atoms with van der Waals surface area (Å²) in [7, 11) is 0. The van der Waals surface area contributed by atoms with Crippen molar-refractivity contribution in [3.8, 4) is 0 Å². The molecule has 0 saturated heterocycles. The maximum Gasteiger partial charge on any atom is 0.273 e. The highest BCUT2D eigenvalue weighted by Gasteiger charge is 2.17. The number of aromatic amines is 1. The van der Waals surface area contributed by atoms with Crippen molar-refractivity contribution in [2.45, 2.75) is 19.0 Å². The van der Waals surface area contributed by atoms with Crippen molar-refractivity contribution in [2.24, 2.45) is 0 Å². The highest BCUT2D eigenvalue weighted by Crippen LogP contribution is 2.18. The van der Waals surface area contributed by atoms with E-state index in [2.05, 4.69) is 10.4 Å². The number of carbonyl (C=O) groups is 1. The minimum Gasteiger partial charge on any atom is -0.347 e. The molecular formula is C24H21N3O3. The molecule has 1 amide bonds. The van der Waals surface area contributed by atoms with Gasteiger partial charge in [0.05, 0.1) is 16.8 Å². The number of benzene rings is 3. The first-order chi connectivity index (χ1) is 14.6. The van der Waals surface area contributed by atoms with Crippen molar-refractivity contribution >= 4 is 16.7 Å². The minimum atomic E-state index is -0.403. The Morgan fingerprint density at radius 2 is 1.43 bits per heavy atom. The number of H-pyrrole nitrogens is 1. The lowest BCUT2D eigenvalue weighted by molar-refractivity contribution is -0.122. The topological polar surface area (TPSA) is 84.0 Å². The summed E-state index contributed by atoms with van der Waals surface area (Å²) in [5, 5.41) is 6.10. The first kappa shape index (κ1) is 19.4. The van der Waals surface area contributed by atoms with E-state index in [9.17, 15) is 14.4 Å². The summed E-state index contributed by atoms with van der Waals surface area (Å²) in [5.41, 5.74) is 1.25. The Balaban J connectivity index is 1.59. The summed E-state index contributed by atoms with van der Waals surface area (Å²) in [6.45, 7) is -0.267. The van der Waals surface area contributed by atoms with Crippen LogP contribution in [0.25, 0.3) is 10.8 Å². The summed E-state index contributed by atoms with van der Waals surface area (Å²) in [4.78, 5) is 37.7. The van der Waals surface area contributed by atoms with E-state index in [4.69, 9.17) is 0 Å². The molecule has 0 aliphatic rings. The van der Waals surface area contributed by atoms with Gasteiger partial charge in [0.15, 0.2) is 0 Å². The molecule has 6 nitrogen and oxygen atoms in total. The second-order valence-corrected chi connectivity index (χ2v) is 7.10. The number of hydrogen-bond acceptors (Lipinski definition) is 3. The van der Waals surface area contributed by atoms with Crippen LogP contribution in [0.15, 0.2) is 94.5 Å². The highest BCUT2D eigenvalue weighted by molar-refractivity contribution is 5.81. The SMILES string of the molecule is O=C(Cn1[nH]c(=O)c2ccccc2c1=O)NC(Cc1ccccc1)c1ccccc1. The van der Waals surface area contributed by atoms with Crippen LogP contribution in [0.3, 0.4) is 0 Å². The number of nitrogens with one attached hydrogen (secondary N) is 2. The van der Waals surface area contributed by atoms with Crippen LogP contribution < -0.4 is 16.4 Å². The zero-order valence-corrected chi connectivity index (χ0v) is 16.2. The lowest BCUT2D eigenvalue weighted by Gasteiger charge is -2.20. The second kappa shape index (κ2) is 8.61. The number of rotatable bonds is 6. The standard InChI is InChI=1S/C24H21N3O3/c28-22(16-27-24(30)20-14-8-7-13-19(20)23(29)26-27)25-21(18-11-5-2-6-12-18)15-17-9-3-1-4-10-17/h1-14,21H,15-16H2,(H,25,28)(H,26,29). The molecule has 1 atom stereocenters. The van der Waals surface area contributed by atoms with E-state index in [-0.39, 0.29) is 23.9 Å². The molecular weight excluding hydrogens is 378 g/mol. The van der Waals surface area contributed by atoms with Crippen molar-refractivity contribution in [1.82, 2.24) is 15.1 Å². The van der Waals surface area contributed by atoms with Crippen LogP contribution in [-0.4, -0.2) is 15.7 Å². The average molecular weight is 399 g/mol. The Bertz CT molecular complexity index is 1280. The first-order valence-corrected chi connectivity index (χ1v) is 9.72. The van der Waals surface area contributed by atoms with Crippen LogP contribution in [0.5, 0.6) is 0 Å². The lowest BCUT2D eigenvalue weighted by Crippen LogP contribution is -2.38. The number of nitrogens with zero attached hydrogens (tertiary/aromatic N) is 1. The van der Waals surface area contributed by atoms with Crippen LogP contribution in [0.2, 0.25) is 0 Å². The van der Waals surface area contributed by atoms with Crippen molar-refractivity contribution in [1.29, 1.82) is 0 Å². The van der Waals surface area contributed by atoms with Gasteiger partial charge < -0.3 is 5.32 Å². The summed E-state index contributed by atoms with van der Waals surface area (Å²) in [6.07, 6.45) is 0.611. The Labute approximate surface area is 172 Å². The van der Waals surface area contributed by atoms with Crippen molar-refractivity contribution in [3.05, 3.63) is 117 Å². The first-order valence-electron chi connectivity index (χ1n) is 9.72. The zero-order valence-electron chi connectivity index (χ0n) is 16.2. The molecule has 4 aromatic rings. The van der Waals surface area contributed by atoms with Gasteiger partial charge in [-0.2, -0.15) is 0 Å². The Morgan fingerprint density at radius 3 is 2.13 bits per heavy atom. The molecule has 3 aromatic carbocycles. The molecule has 0 aliphatic heterocycles. The number of carbonyl (C=O) groups excluding carboxylic acids is 1. The van der Waals surface area contributed by atoms with E-state index >= 15 is 0 Å². The van der Waals surface area contributed by atoms with E-state index in [1.54, 1.807) is 24.3 Å². The summed E-state index contributed by atoms with van der Waals surface area (Å²) in [6, 6.07) is 25.9. The van der Waals surface area contributed by atoms with Crippen LogP contribution in [-0.2, 0) is 17.8 Å². The molecule has 0 spiro atoms. The molecule has 1 heterocycles. The summed E-state index contributed by atoms with van der Waals surface area (Å²) in [5.74, 6) is -0.354. The fourth-order valence-corrected chi connectivity index (χ4v) is 3.53. The van der Waals surface area contributed by atoms with Crippen LogP contribution in [0.4, 0.5) is 0 Å². The predicted molar refractivity (Wildman–Crippen MR) is 116 cm³/mol. The molecule has 0 aliphatic carbocycles. The molecule has 4 rings (SSSR count). The Hall–Kier alpha value is -3.93. The van der Waals surface area contributed by atoms with E-state index in [1.807, 2.05) is 60.7 Å². The molecule has 0 saturated carbocycles. The minimum absolute atomic E-state index is 0.260. The summed E-state index contributed by atoms with van der Waals surface area (Å²) >= 11 is 0. The molecule has 0 fully saturated rings. The maximum atomic E-state index is 12.8. The van der Waals surface area contributed by atoms with E-state index in [1.165, 1.54) is 0 Å². The molecule has 0 bridgehead atoms. The predicted octanol–water partition coefficient (Wildman–Crippen LogP) is 2.79. The molecule has 2 N–H and O–H groups in total. The van der Waals surface area contributed by atoms with Crippen molar-refractivity contribution < 1.29 is 4.79 Å². The van der Waals surface area contributed by atoms with Gasteiger partial charge in [0, 0.05) is 0 Å². The van der Waals surface area contributed by atoms with Gasteiger partial charge in [-0.15, -0.1) is 0 Å². The summed E-state index contributed by atoms with van der Waals surface area (Å²) < 4.78 is 1.06. The third-order valence-corrected chi connectivity index (χ3v) is 5.01. The van der Waals surface area contributed by atoms with Crippen molar-refractivity contribution in [2.75, 3.05) is 0 Å². The third kappa shape index (κ3) is 4.22. The largest absolute Gasteiger partial charge is 0.347 e.